The number of rotatable bonds is 5. The molecule has 0 atom stereocenters. The Hall–Kier alpha value is -4.86. The Balaban J connectivity index is 0.00000338. The van der Waals surface area contributed by atoms with Crippen molar-refractivity contribution in [2.75, 3.05) is 16.8 Å². The van der Waals surface area contributed by atoms with E-state index in [9.17, 15) is 0 Å². The van der Waals surface area contributed by atoms with E-state index >= 15 is 0 Å². The van der Waals surface area contributed by atoms with Crippen LogP contribution in [0.1, 0.15) is 16.7 Å². The van der Waals surface area contributed by atoms with Gasteiger partial charge in [-0.05, 0) is 74.8 Å². The first-order chi connectivity index (χ1) is 21.9. The van der Waals surface area contributed by atoms with Crippen molar-refractivity contribution in [3.05, 3.63) is 145 Å². The van der Waals surface area contributed by atoms with Crippen LogP contribution in [-0.4, -0.2) is 16.6 Å². The molecule has 1 aliphatic heterocycles. The van der Waals surface area contributed by atoms with Crippen LogP contribution in [0.5, 0.6) is 11.5 Å². The molecule has 46 heavy (non-hydrogen) atoms. The predicted octanol–water partition coefficient (Wildman–Crippen LogP) is 9.87. The summed E-state index contributed by atoms with van der Waals surface area (Å²) in [5.41, 5.74) is 11.9. The minimum absolute atomic E-state index is 0. The summed E-state index contributed by atoms with van der Waals surface area (Å²) in [6.07, 6.45) is 1.85. The molecule has 230 valence electrons. The van der Waals surface area contributed by atoms with Crippen molar-refractivity contribution >= 4 is 39.0 Å². The molecule has 8 rings (SSSR count). The zero-order valence-corrected chi connectivity index (χ0v) is 28.3. The summed E-state index contributed by atoms with van der Waals surface area (Å²) in [4.78, 5) is 9.07. The zero-order valence-electron chi connectivity index (χ0n) is 26.0. The van der Waals surface area contributed by atoms with Crippen LogP contribution < -0.4 is 14.5 Å². The maximum Gasteiger partial charge on any atom is 0.143 e. The third kappa shape index (κ3) is 5.05. The molecule has 0 spiro atoms. The number of ether oxygens (including phenoxy) is 1. The Morgan fingerprint density at radius 1 is 0.696 bits per heavy atom. The normalized spacial score (nSPS) is 12.4. The van der Waals surface area contributed by atoms with Gasteiger partial charge in [-0.1, -0.05) is 53.7 Å². The number of fused-ring (bicyclic) bond motifs is 4. The topological polar surface area (TPSA) is 33.5 Å². The number of nitrogens with zero attached hydrogens (tertiary/aromatic N) is 4. The number of aromatic nitrogens is 2. The third-order valence-corrected chi connectivity index (χ3v) is 8.51. The van der Waals surface area contributed by atoms with Crippen LogP contribution in [0.15, 0.2) is 109 Å². The molecule has 0 unspecified atom stereocenters. The molecule has 0 amide bonds. The summed E-state index contributed by atoms with van der Waals surface area (Å²) in [6, 6.07) is 42.8. The van der Waals surface area contributed by atoms with Crippen LogP contribution in [-0.2, 0) is 21.1 Å². The summed E-state index contributed by atoms with van der Waals surface area (Å²) in [5, 5.41) is 2.25. The summed E-state index contributed by atoms with van der Waals surface area (Å²) in [6.45, 7) is 8.56. The molecule has 3 heterocycles. The minimum atomic E-state index is 0. The van der Waals surface area contributed by atoms with Gasteiger partial charge in [-0.15, -0.1) is 47.6 Å². The molecule has 2 aromatic heterocycles. The molecular weight excluding hydrogens is 748 g/mol. The molecule has 0 aliphatic carbocycles. The maximum atomic E-state index is 6.62. The molecule has 0 fully saturated rings. The molecule has 6 heteroatoms. The molecule has 5 nitrogen and oxygen atoms in total. The minimum Gasteiger partial charge on any atom is -0.509 e. The van der Waals surface area contributed by atoms with E-state index in [2.05, 4.69) is 140 Å². The van der Waals surface area contributed by atoms with Gasteiger partial charge in [0.2, 0.25) is 0 Å². The fourth-order valence-corrected chi connectivity index (χ4v) is 6.73. The first-order valence-electron chi connectivity index (χ1n) is 15.1. The first kappa shape index (κ1) is 29.8. The molecule has 0 bridgehead atoms. The number of anilines is 3. The summed E-state index contributed by atoms with van der Waals surface area (Å²) < 4.78 is 8.81. The van der Waals surface area contributed by atoms with Gasteiger partial charge in [-0.3, -0.25) is 0 Å². The monoisotopic (exact) mass is 778 g/mol. The Bertz CT molecular complexity index is 2180. The van der Waals surface area contributed by atoms with Crippen LogP contribution in [0.25, 0.3) is 38.8 Å². The number of hydrogen-bond acceptors (Lipinski definition) is 4. The molecule has 0 saturated carbocycles. The maximum absolute atomic E-state index is 6.62. The summed E-state index contributed by atoms with van der Waals surface area (Å²) in [5.74, 6) is 1.23. The van der Waals surface area contributed by atoms with Crippen molar-refractivity contribution in [1.82, 2.24) is 9.55 Å². The van der Waals surface area contributed by atoms with Crippen molar-refractivity contribution < 1.29 is 25.8 Å². The van der Waals surface area contributed by atoms with Gasteiger partial charge in [-0.2, -0.15) is 12.7 Å². The van der Waals surface area contributed by atoms with Crippen LogP contribution in [0.4, 0.5) is 17.1 Å². The summed E-state index contributed by atoms with van der Waals surface area (Å²) in [7, 11) is 2.06. The van der Waals surface area contributed by atoms with E-state index in [0.29, 0.717) is 11.5 Å². The van der Waals surface area contributed by atoms with E-state index in [1.807, 2.05) is 30.5 Å². The third-order valence-electron chi connectivity index (χ3n) is 8.51. The van der Waals surface area contributed by atoms with Crippen LogP contribution in [0, 0.1) is 39.6 Å². The van der Waals surface area contributed by atoms with Gasteiger partial charge in [0.15, 0.2) is 0 Å². The molecule has 0 radical (unpaired) electrons. The van der Waals surface area contributed by atoms with E-state index in [0.717, 1.165) is 50.2 Å². The molecule has 0 saturated heterocycles. The number of pyridine rings is 1. The van der Waals surface area contributed by atoms with Crippen molar-refractivity contribution in [3.63, 3.8) is 0 Å². The molecule has 0 N–H and O–H groups in total. The number of benzene rings is 5. The summed E-state index contributed by atoms with van der Waals surface area (Å²) >= 11 is 0. The fraction of sp³-hybridized carbons (Fsp3) is 0.100. The number of para-hydroxylation sites is 3. The van der Waals surface area contributed by atoms with E-state index in [1.165, 1.54) is 22.3 Å². The van der Waals surface area contributed by atoms with Crippen LogP contribution in [0.3, 0.4) is 0 Å². The Kier molecular flexibility index (Phi) is 7.66. The van der Waals surface area contributed by atoms with Crippen molar-refractivity contribution in [2.45, 2.75) is 20.8 Å². The smallest absolute Gasteiger partial charge is 0.143 e. The van der Waals surface area contributed by atoms with Gasteiger partial charge in [0.25, 0.3) is 0 Å². The second-order valence-corrected chi connectivity index (χ2v) is 11.7. The Morgan fingerprint density at radius 3 is 2.24 bits per heavy atom. The average Bonchev–Trinajstić information content (AvgIpc) is 3.56. The largest absolute Gasteiger partial charge is 0.509 e. The number of hydrogen-bond donors (Lipinski definition) is 0. The molecule has 5 aromatic carbocycles. The van der Waals surface area contributed by atoms with Gasteiger partial charge in [-0.25, -0.2) is 4.98 Å². The van der Waals surface area contributed by atoms with Crippen molar-refractivity contribution in [3.8, 4) is 28.3 Å². The van der Waals surface area contributed by atoms with E-state index in [4.69, 9.17) is 9.72 Å². The predicted molar refractivity (Wildman–Crippen MR) is 184 cm³/mol. The van der Waals surface area contributed by atoms with Gasteiger partial charge in [0.1, 0.15) is 5.65 Å². The molecular formula is C40H31N4OPt-3. The second-order valence-electron chi connectivity index (χ2n) is 11.7. The molecule has 7 aromatic rings. The van der Waals surface area contributed by atoms with Gasteiger partial charge in [0.05, 0.1) is 5.52 Å². The van der Waals surface area contributed by atoms with Crippen molar-refractivity contribution in [2.24, 2.45) is 0 Å². The van der Waals surface area contributed by atoms with Gasteiger partial charge < -0.3 is 19.1 Å². The zero-order chi connectivity index (χ0) is 30.7. The van der Waals surface area contributed by atoms with Gasteiger partial charge >= 0.3 is 0 Å². The van der Waals surface area contributed by atoms with E-state index < -0.39 is 0 Å². The standard InChI is InChI=1S/C40H31N4O.Pt/c1-26-19-27(2)39(28(3)20-26)29-21-31(44-36-15-6-5-13-34(36)35-14-10-18-41-40(35)44)24-33(22-29)45-32-12-9-11-30(23-32)43-25-42(4)37-16-7-8-17-38(37)43;/h5-22,25H,1-4H3;/q-3;. The number of aryl methyl sites for hydroxylation is 3. The average molecular weight is 779 g/mol. The van der Waals surface area contributed by atoms with Crippen LogP contribution >= 0.6 is 0 Å². The first-order valence-corrected chi connectivity index (χ1v) is 15.1. The van der Waals surface area contributed by atoms with Gasteiger partial charge in [0, 0.05) is 60.9 Å². The van der Waals surface area contributed by atoms with Crippen molar-refractivity contribution in [1.29, 1.82) is 0 Å². The Labute approximate surface area is 284 Å². The SMILES string of the molecule is Cc1cc(C)c(-c2cc(Oc3[c-]c(N4[CH-]N(C)c5ccccc54)ccc3)[c-]c(-n3c4ccccc4c4cccnc43)c2)c(C)c1.[Pt]. The Morgan fingerprint density at radius 2 is 1.41 bits per heavy atom. The van der Waals surface area contributed by atoms with E-state index in [-0.39, 0.29) is 21.1 Å². The fourth-order valence-electron chi connectivity index (χ4n) is 6.73. The van der Waals surface area contributed by atoms with Crippen LogP contribution in [0.2, 0.25) is 0 Å². The quantitative estimate of drug-likeness (QED) is 0.163. The molecule has 1 aliphatic rings. The van der Waals surface area contributed by atoms with E-state index in [1.54, 1.807) is 0 Å². The second kappa shape index (κ2) is 11.8.